The molecule has 0 bridgehead atoms. The predicted octanol–water partition coefficient (Wildman–Crippen LogP) is 3.73. The number of amides is 1. The summed E-state index contributed by atoms with van der Waals surface area (Å²) in [6.07, 6.45) is 7.13. The van der Waals surface area contributed by atoms with Crippen molar-refractivity contribution in [2.45, 2.75) is 31.3 Å². The van der Waals surface area contributed by atoms with Gasteiger partial charge in [0.1, 0.15) is 0 Å². The number of benzene rings is 1. The van der Waals surface area contributed by atoms with Gasteiger partial charge in [-0.05, 0) is 40.8 Å². The number of hydrogen-bond acceptors (Lipinski definition) is 1. The van der Waals surface area contributed by atoms with Crippen LogP contribution in [0.25, 0.3) is 11.6 Å². The van der Waals surface area contributed by atoms with Crippen molar-refractivity contribution in [3.05, 3.63) is 58.2 Å². The maximum Gasteiger partial charge on any atom is 0.249 e. The summed E-state index contributed by atoms with van der Waals surface area (Å²) in [6.45, 7) is 6.67. The highest BCUT2D eigenvalue weighted by Crippen LogP contribution is 2.36. The molecule has 0 radical (unpaired) electrons. The van der Waals surface area contributed by atoms with Gasteiger partial charge in [0.25, 0.3) is 0 Å². The summed E-state index contributed by atoms with van der Waals surface area (Å²) < 4.78 is 0. The van der Waals surface area contributed by atoms with Gasteiger partial charge in [0, 0.05) is 14.0 Å². The Hall–Kier alpha value is -1.52. The largest absolute Gasteiger partial charge is 0.366 e. The van der Waals surface area contributed by atoms with E-state index in [-0.39, 0.29) is 10.7 Å². The summed E-state index contributed by atoms with van der Waals surface area (Å²) in [5.74, 6) is -0.354. The van der Waals surface area contributed by atoms with Crippen LogP contribution in [-0.2, 0) is 11.2 Å². The normalized spacial score (nSPS) is 19.7. The number of allylic oxidation sites excluding steroid dienone is 3. The van der Waals surface area contributed by atoms with E-state index in [1.54, 1.807) is 0 Å². The molecule has 1 atom stereocenters. The van der Waals surface area contributed by atoms with E-state index in [9.17, 15) is 4.79 Å². The fourth-order valence-electron chi connectivity index (χ4n) is 3.42. The topological polar surface area (TPSA) is 43.1 Å². The van der Waals surface area contributed by atoms with E-state index >= 15 is 0 Å². The second-order valence-corrected chi connectivity index (χ2v) is 9.90. The first-order valence-electron chi connectivity index (χ1n) is 7.73. The lowest BCUT2D eigenvalue weighted by Crippen LogP contribution is -2.29. The number of primary amides is 1. The molecule has 2 aliphatic carbocycles. The molecule has 1 amide bonds. The number of halogens is 1. The van der Waals surface area contributed by atoms with Gasteiger partial charge in [-0.1, -0.05) is 71.0 Å². The first-order chi connectivity index (χ1) is 10.9. The number of alkyl halides is 1. The molecule has 0 saturated heterocycles. The standard InChI is InChI=1S/C19H20BrNOSi/c1-11-9-12-5-4-6-13(15(12)10-11)17-14(19(21)22)7-8-16(20)18(17)23(2)3/h4-8,10,16H,9H2,1-3H3,(H2,21,22). The summed E-state index contributed by atoms with van der Waals surface area (Å²) in [5.41, 5.74) is 12.4. The van der Waals surface area contributed by atoms with Gasteiger partial charge in [-0.3, -0.25) is 4.79 Å². The molecule has 23 heavy (non-hydrogen) atoms. The van der Waals surface area contributed by atoms with Crippen molar-refractivity contribution in [2.24, 2.45) is 5.73 Å². The van der Waals surface area contributed by atoms with Gasteiger partial charge < -0.3 is 5.73 Å². The molecule has 1 aromatic rings. The summed E-state index contributed by atoms with van der Waals surface area (Å²) >= 11 is 3.76. The summed E-state index contributed by atoms with van der Waals surface area (Å²) in [7, 11) is -0.743. The van der Waals surface area contributed by atoms with Crippen molar-refractivity contribution in [1.29, 1.82) is 0 Å². The Morgan fingerprint density at radius 2 is 2.09 bits per heavy atom. The molecule has 1 aromatic carbocycles. The molecule has 2 nitrogen and oxygen atoms in total. The summed E-state index contributed by atoms with van der Waals surface area (Å²) in [4.78, 5) is 12.2. The Morgan fingerprint density at radius 3 is 2.74 bits per heavy atom. The SMILES string of the molecule is CC1=Cc2c(cccc2C2=C(C(N)=O)C=CC(Br)C2=[Si](C)C)C1. The number of nitrogens with two attached hydrogens (primary N) is 1. The van der Waals surface area contributed by atoms with E-state index in [4.69, 9.17) is 5.73 Å². The van der Waals surface area contributed by atoms with Crippen molar-refractivity contribution in [1.82, 2.24) is 0 Å². The third-order valence-electron chi connectivity index (χ3n) is 4.38. The van der Waals surface area contributed by atoms with Crippen molar-refractivity contribution < 1.29 is 4.79 Å². The highest BCUT2D eigenvalue weighted by atomic mass is 79.9. The zero-order chi connectivity index (χ0) is 16.7. The lowest BCUT2D eigenvalue weighted by molar-refractivity contribution is -0.114. The smallest absolute Gasteiger partial charge is 0.249 e. The van der Waals surface area contributed by atoms with Crippen LogP contribution in [0, 0.1) is 0 Å². The second kappa shape index (κ2) is 6.17. The van der Waals surface area contributed by atoms with E-state index < -0.39 is 8.41 Å². The molecule has 3 rings (SSSR count). The van der Waals surface area contributed by atoms with Gasteiger partial charge in [0.15, 0.2) is 0 Å². The van der Waals surface area contributed by atoms with Gasteiger partial charge in [0.2, 0.25) is 5.91 Å². The molecule has 4 heteroatoms. The molecule has 118 valence electrons. The maximum absolute atomic E-state index is 12.1. The third-order valence-corrected chi connectivity index (χ3v) is 7.20. The molecule has 2 N–H and O–H groups in total. The number of carbonyl (C=O) groups is 1. The fourth-order valence-corrected chi connectivity index (χ4v) is 6.59. The lowest BCUT2D eigenvalue weighted by Gasteiger charge is -2.25. The molecule has 0 spiro atoms. The van der Waals surface area contributed by atoms with Crippen molar-refractivity contribution in [2.75, 3.05) is 0 Å². The second-order valence-electron chi connectivity index (χ2n) is 6.37. The predicted molar refractivity (Wildman–Crippen MR) is 104 cm³/mol. The minimum Gasteiger partial charge on any atom is -0.366 e. The van der Waals surface area contributed by atoms with Crippen LogP contribution in [-0.4, -0.2) is 24.3 Å². The molecular weight excluding hydrogens is 366 g/mol. The monoisotopic (exact) mass is 385 g/mol. The van der Waals surface area contributed by atoms with Crippen LogP contribution in [0.3, 0.4) is 0 Å². The summed E-state index contributed by atoms with van der Waals surface area (Å²) in [6, 6.07) is 6.38. The third kappa shape index (κ3) is 2.86. The van der Waals surface area contributed by atoms with E-state index in [2.05, 4.69) is 60.2 Å². The first kappa shape index (κ1) is 16.3. The summed E-state index contributed by atoms with van der Waals surface area (Å²) in [5, 5.41) is 1.32. The van der Waals surface area contributed by atoms with Crippen LogP contribution < -0.4 is 5.73 Å². The molecule has 0 saturated carbocycles. The van der Waals surface area contributed by atoms with Crippen LogP contribution in [0.15, 0.2) is 41.5 Å². The zero-order valence-electron chi connectivity index (χ0n) is 13.6. The minimum absolute atomic E-state index is 0.173. The maximum atomic E-state index is 12.1. The number of hydrogen-bond donors (Lipinski definition) is 1. The van der Waals surface area contributed by atoms with E-state index in [0.717, 1.165) is 17.6 Å². The van der Waals surface area contributed by atoms with Gasteiger partial charge in [-0.15, -0.1) is 0 Å². The highest BCUT2D eigenvalue weighted by molar-refractivity contribution is 9.10. The quantitative estimate of drug-likeness (QED) is 0.611. The average molecular weight is 386 g/mol. The molecule has 1 unspecified atom stereocenters. The van der Waals surface area contributed by atoms with Gasteiger partial charge in [-0.2, -0.15) is 0 Å². The zero-order valence-corrected chi connectivity index (χ0v) is 16.2. The highest BCUT2D eigenvalue weighted by Gasteiger charge is 2.27. The van der Waals surface area contributed by atoms with Crippen molar-refractivity contribution in [3.8, 4) is 0 Å². The Morgan fingerprint density at radius 1 is 1.35 bits per heavy atom. The molecule has 0 aliphatic heterocycles. The molecular formula is C19H20BrNOSi. The van der Waals surface area contributed by atoms with Crippen molar-refractivity contribution >= 4 is 47.1 Å². The number of fused-ring (bicyclic) bond motifs is 1. The Kier molecular flexibility index (Phi) is 4.38. The van der Waals surface area contributed by atoms with Crippen LogP contribution in [0.4, 0.5) is 0 Å². The van der Waals surface area contributed by atoms with Gasteiger partial charge in [0.05, 0.1) is 4.83 Å². The van der Waals surface area contributed by atoms with E-state index in [1.807, 2.05) is 12.2 Å². The average Bonchev–Trinajstić information content (AvgIpc) is 2.86. The molecule has 0 heterocycles. The van der Waals surface area contributed by atoms with Crippen LogP contribution in [0.2, 0.25) is 13.1 Å². The molecule has 0 fully saturated rings. The van der Waals surface area contributed by atoms with Gasteiger partial charge in [-0.25, -0.2) is 0 Å². The molecule has 2 aliphatic rings. The number of carbonyl (C=O) groups excluding carboxylic acids is 1. The van der Waals surface area contributed by atoms with Crippen molar-refractivity contribution in [3.63, 3.8) is 0 Å². The van der Waals surface area contributed by atoms with Crippen LogP contribution in [0.1, 0.15) is 23.6 Å². The Balaban J connectivity index is 2.35. The van der Waals surface area contributed by atoms with Gasteiger partial charge >= 0.3 is 0 Å². The van der Waals surface area contributed by atoms with E-state index in [0.29, 0.717) is 5.57 Å². The van der Waals surface area contributed by atoms with E-state index in [1.165, 1.54) is 21.9 Å². The van der Waals surface area contributed by atoms with Crippen LogP contribution in [0.5, 0.6) is 0 Å². The van der Waals surface area contributed by atoms with Crippen LogP contribution >= 0.6 is 15.9 Å². The Labute approximate surface area is 147 Å². The fraction of sp³-hybridized carbons (Fsp3) is 0.263. The first-order valence-corrected chi connectivity index (χ1v) is 11.1. The number of rotatable bonds is 2. The minimum atomic E-state index is -0.743. The Bertz CT molecular complexity index is 826. The lowest BCUT2D eigenvalue weighted by atomic mass is 9.87. The molecule has 0 aromatic heterocycles.